The lowest BCUT2D eigenvalue weighted by molar-refractivity contribution is -0.118. The predicted molar refractivity (Wildman–Crippen MR) is 114 cm³/mol. The molecule has 1 amide bonds. The van der Waals surface area contributed by atoms with Gasteiger partial charge >= 0.3 is 0 Å². The van der Waals surface area contributed by atoms with Crippen LogP contribution in [0, 0.1) is 0 Å². The van der Waals surface area contributed by atoms with Crippen LogP contribution in [0.4, 0.5) is 11.6 Å². The molecule has 0 atom stereocenters. The van der Waals surface area contributed by atoms with E-state index in [0.29, 0.717) is 12.1 Å². The van der Waals surface area contributed by atoms with Crippen LogP contribution in [0.2, 0.25) is 0 Å². The number of hydrogen-bond acceptors (Lipinski definition) is 5. The molecular formula is C22H28N6O. The lowest BCUT2D eigenvalue weighted by atomic mass is 9.91. The van der Waals surface area contributed by atoms with Crippen LogP contribution in [0.25, 0.3) is 11.1 Å². The number of allylic oxidation sites excluding steroid dienone is 1. The molecule has 3 heterocycles. The number of carbonyl (C=O) groups excluding carboxylic acids is 1. The first kappa shape index (κ1) is 18.2. The third-order valence-corrected chi connectivity index (χ3v) is 6.11. The minimum atomic E-state index is 0.129. The Morgan fingerprint density at radius 1 is 1.17 bits per heavy atom. The van der Waals surface area contributed by atoms with E-state index in [2.05, 4.69) is 42.8 Å². The molecule has 7 nitrogen and oxygen atoms in total. The number of aryl methyl sites for hydroxylation is 1. The van der Waals surface area contributed by atoms with Gasteiger partial charge in [-0.25, -0.2) is 9.67 Å². The zero-order valence-electron chi connectivity index (χ0n) is 16.7. The van der Waals surface area contributed by atoms with Crippen molar-refractivity contribution in [2.24, 2.45) is 0 Å². The molecule has 152 valence electrons. The van der Waals surface area contributed by atoms with Gasteiger partial charge < -0.3 is 16.0 Å². The van der Waals surface area contributed by atoms with Gasteiger partial charge in [-0.3, -0.25) is 4.79 Å². The first-order valence-electron chi connectivity index (χ1n) is 10.8. The smallest absolute Gasteiger partial charge is 0.247 e. The standard InChI is InChI=1S/C22H28N6O/c29-22(15-3-4-15)27-18-7-5-17(6-8-18)26-20-13-16(9-11-23-20)19-14-25-28-12-2-1-10-24-21(19)28/h3,9,11,13-14,17-18,24H,1-2,4-8,10,12H2,(H,23,26)(H,27,29). The maximum Gasteiger partial charge on any atom is 0.247 e. The van der Waals surface area contributed by atoms with E-state index in [0.717, 1.165) is 80.0 Å². The summed E-state index contributed by atoms with van der Waals surface area (Å²) in [5, 5.41) is 14.9. The first-order valence-corrected chi connectivity index (χ1v) is 10.8. The fourth-order valence-electron chi connectivity index (χ4n) is 4.33. The number of nitrogens with one attached hydrogen (secondary N) is 3. The molecular weight excluding hydrogens is 364 g/mol. The Hall–Kier alpha value is -2.83. The highest BCUT2D eigenvalue weighted by Gasteiger charge is 2.25. The summed E-state index contributed by atoms with van der Waals surface area (Å²) in [4.78, 5) is 16.4. The Labute approximate surface area is 171 Å². The SMILES string of the molecule is O=C(NC1CCC(Nc2cc(-c3cnn4c3NCCCC4)ccn2)CC1)C1=CC1. The summed E-state index contributed by atoms with van der Waals surface area (Å²) in [6.45, 7) is 1.96. The average Bonchev–Trinajstić information content (AvgIpc) is 3.55. The molecule has 0 unspecified atom stereocenters. The van der Waals surface area contributed by atoms with E-state index in [-0.39, 0.29) is 5.91 Å². The number of aromatic nitrogens is 3. The average molecular weight is 393 g/mol. The molecule has 2 aromatic rings. The van der Waals surface area contributed by atoms with Gasteiger partial charge in [-0.2, -0.15) is 5.10 Å². The maximum absolute atomic E-state index is 11.9. The van der Waals surface area contributed by atoms with Gasteiger partial charge in [0.15, 0.2) is 0 Å². The highest BCUT2D eigenvalue weighted by molar-refractivity contribution is 5.97. The van der Waals surface area contributed by atoms with Crippen LogP contribution in [0.3, 0.4) is 0 Å². The second-order valence-corrected chi connectivity index (χ2v) is 8.29. The summed E-state index contributed by atoms with van der Waals surface area (Å²) >= 11 is 0. The molecule has 0 aromatic carbocycles. The van der Waals surface area contributed by atoms with Crippen molar-refractivity contribution in [3.63, 3.8) is 0 Å². The summed E-state index contributed by atoms with van der Waals surface area (Å²) in [6.07, 6.45) is 13.1. The van der Waals surface area contributed by atoms with Gasteiger partial charge in [0.2, 0.25) is 5.91 Å². The monoisotopic (exact) mass is 392 g/mol. The van der Waals surface area contributed by atoms with Crippen molar-refractivity contribution < 1.29 is 4.79 Å². The second kappa shape index (κ2) is 7.89. The highest BCUT2D eigenvalue weighted by Crippen LogP contribution is 2.31. The summed E-state index contributed by atoms with van der Waals surface area (Å²) < 4.78 is 2.07. The molecule has 2 aromatic heterocycles. The summed E-state index contributed by atoms with van der Waals surface area (Å²) in [7, 11) is 0. The van der Waals surface area contributed by atoms with Crippen LogP contribution in [0.5, 0.6) is 0 Å². The van der Waals surface area contributed by atoms with Crippen LogP contribution >= 0.6 is 0 Å². The van der Waals surface area contributed by atoms with E-state index in [4.69, 9.17) is 0 Å². The Morgan fingerprint density at radius 3 is 2.83 bits per heavy atom. The zero-order valence-corrected chi connectivity index (χ0v) is 16.7. The molecule has 1 saturated carbocycles. The van der Waals surface area contributed by atoms with Crippen molar-refractivity contribution in [1.82, 2.24) is 20.1 Å². The quantitative estimate of drug-likeness (QED) is 0.727. The number of pyridine rings is 1. The van der Waals surface area contributed by atoms with Gasteiger partial charge in [-0.05, 0) is 62.6 Å². The van der Waals surface area contributed by atoms with Crippen LogP contribution < -0.4 is 16.0 Å². The van der Waals surface area contributed by atoms with Crippen LogP contribution in [-0.4, -0.2) is 39.3 Å². The number of rotatable bonds is 5. The molecule has 3 N–H and O–H groups in total. The molecule has 7 heteroatoms. The van der Waals surface area contributed by atoms with Gasteiger partial charge in [-0.1, -0.05) is 6.08 Å². The zero-order chi connectivity index (χ0) is 19.6. The molecule has 2 aliphatic carbocycles. The van der Waals surface area contributed by atoms with Gasteiger partial charge in [0, 0.05) is 42.5 Å². The highest BCUT2D eigenvalue weighted by atomic mass is 16.1. The Kier molecular flexibility index (Phi) is 4.96. The number of anilines is 2. The number of nitrogens with zero attached hydrogens (tertiary/aromatic N) is 3. The molecule has 5 rings (SSSR count). The van der Waals surface area contributed by atoms with Crippen molar-refractivity contribution in [3.05, 3.63) is 36.2 Å². The molecule has 1 fully saturated rings. The number of carbonyl (C=O) groups is 1. The van der Waals surface area contributed by atoms with Crippen LogP contribution in [0.1, 0.15) is 44.9 Å². The van der Waals surface area contributed by atoms with Crippen molar-refractivity contribution in [1.29, 1.82) is 0 Å². The van der Waals surface area contributed by atoms with Crippen molar-refractivity contribution in [2.75, 3.05) is 17.2 Å². The fraction of sp³-hybridized carbons (Fsp3) is 0.500. The van der Waals surface area contributed by atoms with E-state index in [1.54, 1.807) is 0 Å². The summed E-state index contributed by atoms with van der Waals surface area (Å²) in [6, 6.07) is 4.87. The molecule has 3 aliphatic rings. The number of fused-ring (bicyclic) bond motifs is 1. The molecule has 0 saturated heterocycles. The van der Waals surface area contributed by atoms with E-state index in [9.17, 15) is 4.79 Å². The van der Waals surface area contributed by atoms with E-state index >= 15 is 0 Å². The van der Waals surface area contributed by atoms with E-state index in [1.165, 1.54) is 6.42 Å². The molecule has 0 bridgehead atoms. The maximum atomic E-state index is 11.9. The molecule has 0 radical (unpaired) electrons. The lowest BCUT2D eigenvalue weighted by Crippen LogP contribution is -2.40. The van der Waals surface area contributed by atoms with Gasteiger partial charge in [0.1, 0.15) is 11.6 Å². The summed E-state index contributed by atoms with van der Waals surface area (Å²) in [5.74, 6) is 2.15. The third-order valence-electron chi connectivity index (χ3n) is 6.11. The Balaban J connectivity index is 1.22. The summed E-state index contributed by atoms with van der Waals surface area (Å²) in [5.41, 5.74) is 3.22. The molecule has 1 aliphatic heterocycles. The minimum absolute atomic E-state index is 0.129. The third kappa shape index (κ3) is 4.13. The van der Waals surface area contributed by atoms with Gasteiger partial charge in [-0.15, -0.1) is 0 Å². The van der Waals surface area contributed by atoms with Crippen molar-refractivity contribution in [2.45, 2.75) is 63.6 Å². The largest absolute Gasteiger partial charge is 0.370 e. The van der Waals surface area contributed by atoms with Crippen molar-refractivity contribution >= 4 is 17.5 Å². The fourth-order valence-corrected chi connectivity index (χ4v) is 4.33. The molecule has 0 spiro atoms. The van der Waals surface area contributed by atoms with Crippen molar-refractivity contribution in [3.8, 4) is 11.1 Å². The Morgan fingerprint density at radius 2 is 2.00 bits per heavy atom. The number of hydrogen-bond donors (Lipinski definition) is 3. The van der Waals surface area contributed by atoms with Crippen LogP contribution in [-0.2, 0) is 11.3 Å². The topological polar surface area (TPSA) is 83.9 Å². The second-order valence-electron chi connectivity index (χ2n) is 8.29. The first-order chi connectivity index (χ1) is 14.3. The Bertz CT molecular complexity index is 925. The minimum Gasteiger partial charge on any atom is -0.370 e. The van der Waals surface area contributed by atoms with Crippen LogP contribution in [0.15, 0.2) is 36.2 Å². The normalized spacial score (nSPS) is 23.2. The lowest BCUT2D eigenvalue weighted by Gasteiger charge is -2.30. The number of amides is 1. The van der Waals surface area contributed by atoms with Gasteiger partial charge in [0.25, 0.3) is 0 Å². The van der Waals surface area contributed by atoms with E-state index in [1.807, 2.05) is 18.5 Å². The molecule has 29 heavy (non-hydrogen) atoms. The van der Waals surface area contributed by atoms with E-state index < -0.39 is 0 Å². The van der Waals surface area contributed by atoms with Gasteiger partial charge in [0.05, 0.1) is 6.20 Å². The predicted octanol–water partition coefficient (Wildman–Crippen LogP) is 3.32.